The standard InChI is InChI=1S/C16H21N5O2/c1-4-16(2,3)21-14(22)11-5-7-12(8-6-11)19-15(23)20-13-9-17-18-10-13/h5-10H,4H2,1-3H3,(H,17,18)(H,21,22)(H2,19,20,23). The number of H-pyrrole nitrogens is 1. The first kappa shape index (κ1) is 16.5. The Morgan fingerprint density at radius 1 is 1.13 bits per heavy atom. The molecule has 0 saturated heterocycles. The lowest BCUT2D eigenvalue weighted by molar-refractivity contribution is 0.0911. The molecule has 0 atom stereocenters. The lowest BCUT2D eigenvalue weighted by Gasteiger charge is -2.24. The van der Waals surface area contributed by atoms with Crippen LogP contribution in [0.4, 0.5) is 16.2 Å². The number of anilines is 2. The summed E-state index contributed by atoms with van der Waals surface area (Å²) in [6, 6.07) is 6.34. The van der Waals surface area contributed by atoms with Gasteiger partial charge >= 0.3 is 6.03 Å². The van der Waals surface area contributed by atoms with Crippen LogP contribution in [0, 0.1) is 0 Å². The molecule has 0 radical (unpaired) electrons. The fourth-order valence-corrected chi connectivity index (χ4v) is 1.79. The van der Waals surface area contributed by atoms with E-state index in [0.29, 0.717) is 16.9 Å². The molecular formula is C16H21N5O2. The van der Waals surface area contributed by atoms with Crippen LogP contribution in [0.2, 0.25) is 0 Å². The van der Waals surface area contributed by atoms with Crippen molar-refractivity contribution in [2.24, 2.45) is 0 Å². The Balaban J connectivity index is 1.94. The molecule has 7 nitrogen and oxygen atoms in total. The van der Waals surface area contributed by atoms with Crippen molar-refractivity contribution in [1.82, 2.24) is 15.5 Å². The first-order valence-corrected chi connectivity index (χ1v) is 7.39. The summed E-state index contributed by atoms with van der Waals surface area (Å²) in [6.45, 7) is 5.97. The fourth-order valence-electron chi connectivity index (χ4n) is 1.79. The maximum absolute atomic E-state index is 12.1. The maximum Gasteiger partial charge on any atom is 0.323 e. The highest BCUT2D eigenvalue weighted by molar-refractivity contribution is 6.00. The predicted octanol–water partition coefficient (Wildman–Crippen LogP) is 2.97. The molecular weight excluding hydrogens is 294 g/mol. The van der Waals surface area contributed by atoms with Crippen LogP contribution >= 0.6 is 0 Å². The summed E-state index contributed by atoms with van der Waals surface area (Å²) in [5, 5.41) is 14.6. The van der Waals surface area contributed by atoms with Crippen molar-refractivity contribution in [2.45, 2.75) is 32.7 Å². The Bertz CT molecular complexity index is 662. The number of amides is 3. The van der Waals surface area contributed by atoms with Gasteiger partial charge in [-0.25, -0.2) is 4.79 Å². The van der Waals surface area contributed by atoms with Gasteiger partial charge in [0, 0.05) is 23.0 Å². The molecule has 7 heteroatoms. The van der Waals surface area contributed by atoms with E-state index >= 15 is 0 Å². The van der Waals surface area contributed by atoms with Gasteiger partial charge in [0.25, 0.3) is 5.91 Å². The zero-order valence-corrected chi connectivity index (χ0v) is 13.4. The minimum Gasteiger partial charge on any atom is -0.347 e. The summed E-state index contributed by atoms with van der Waals surface area (Å²) in [7, 11) is 0. The van der Waals surface area contributed by atoms with Crippen LogP contribution < -0.4 is 16.0 Å². The number of nitrogens with zero attached hydrogens (tertiary/aromatic N) is 1. The Kier molecular flexibility index (Phi) is 5.00. The molecule has 0 saturated carbocycles. The van der Waals surface area contributed by atoms with Crippen LogP contribution in [0.5, 0.6) is 0 Å². The highest BCUT2D eigenvalue weighted by Crippen LogP contribution is 2.13. The fraction of sp³-hybridized carbons (Fsp3) is 0.312. The van der Waals surface area contributed by atoms with Gasteiger partial charge < -0.3 is 16.0 Å². The molecule has 0 aliphatic heterocycles. The van der Waals surface area contributed by atoms with E-state index < -0.39 is 0 Å². The smallest absolute Gasteiger partial charge is 0.323 e. The summed E-state index contributed by atoms with van der Waals surface area (Å²) >= 11 is 0. The van der Waals surface area contributed by atoms with Crippen LogP contribution in [0.25, 0.3) is 0 Å². The third-order valence-corrected chi connectivity index (χ3v) is 3.50. The number of hydrogen-bond donors (Lipinski definition) is 4. The van der Waals surface area contributed by atoms with Gasteiger partial charge in [-0.05, 0) is 44.5 Å². The number of benzene rings is 1. The quantitative estimate of drug-likeness (QED) is 0.682. The van der Waals surface area contributed by atoms with E-state index in [0.717, 1.165) is 6.42 Å². The molecule has 0 aliphatic carbocycles. The van der Waals surface area contributed by atoms with Gasteiger partial charge in [-0.2, -0.15) is 5.10 Å². The Hall–Kier alpha value is -2.83. The molecule has 2 rings (SSSR count). The number of nitrogens with one attached hydrogen (secondary N) is 4. The van der Waals surface area contributed by atoms with E-state index in [-0.39, 0.29) is 17.5 Å². The number of rotatable bonds is 5. The molecule has 122 valence electrons. The van der Waals surface area contributed by atoms with Crippen molar-refractivity contribution in [2.75, 3.05) is 10.6 Å². The zero-order valence-electron chi connectivity index (χ0n) is 13.4. The number of carbonyl (C=O) groups is 2. The second-order valence-electron chi connectivity index (χ2n) is 5.84. The van der Waals surface area contributed by atoms with Gasteiger partial charge in [-0.3, -0.25) is 9.89 Å². The molecule has 3 amide bonds. The van der Waals surface area contributed by atoms with Gasteiger partial charge in [0.1, 0.15) is 0 Å². The van der Waals surface area contributed by atoms with E-state index in [1.165, 1.54) is 6.20 Å². The summed E-state index contributed by atoms with van der Waals surface area (Å²) in [5.41, 5.74) is 1.46. The summed E-state index contributed by atoms with van der Waals surface area (Å²) in [5.74, 6) is -0.133. The van der Waals surface area contributed by atoms with Crippen LogP contribution in [0.1, 0.15) is 37.6 Å². The second kappa shape index (κ2) is 6.95. The third kappa shape index (κ3) is 4.84. The van der Waals surface area contributed by atoms with Crippen LogP contribution in [-0.2, 0) is 0 Å². The van der Waals surface area contributed by atoms with Crippen molar-refractivity contribution in [1.29, 1.82) is 0 Å². The molecule has 1 aromatic carbocycles. The van der Waals surface area contributed by atoms with Crippen molar-refractivity contribution >= 4 is 23.3 Å². The third-order valence-electron chi connectivity index (χ3n) is 3.50. The van der Waals surface area contributed by atoms with E-state index in [1.54, 1.807) is 30.5 Å². The average molecular weight is 315 g/mol. The van der Waals surface area contributed by atoms with Crippen molar-refractivity contribution in [3.05, 3.63) is 42.2 Å². The van der Waals surface area contributed by atoms with Crippen LogP contribution in [0.3, 0.4) is 0 Å². The second-order valence-corrected chi connectivity index (χ2v) is 5.84. The number of urea groups is 1. The molecule has 0 bridgehead atoms. The summed E-state index contributed by atoms with van der Waals surface area (Å²) in [6.07, 6.45) is 3.91. The lowest BCUT2D eigenvalue weighted by atomic mass is 10.0. The first-order valence-electron chi connectivity index (χ1n) is 7.39. The molecule has 0 unspecified atom stereocenters. The van der Waals surface area contributed by atoms with E-state index in [1.807, 2.05) is 20.8 Å². The highest BCUT2D eigenvalue weighted by Gasteiger charge is 2.18. The molecule has 23 heavy (non-hydrogen) atoms. The van der Waals surface area contributed by atoms with E-state index in [9.17, 15) is 9.59 Å². The number of hydrogen-bond acceptors (Lipinski definition) is 3. The summed E-state index contributed by atoms with van der Waals surface area (Å²) < 4.78 is 0. The molecule has 0 fully saturated rings. The number of aromatic amines is 1. The SMILES string of the molecule is CCC(C)(C)NC(=O)c1ccc(NC(=O)Nc2cn[nH]c2)cc1. The molecule has 0 aliphatic rings. The van der Waals surface area contributed by atoms with E-state index in [2.05, 4.69) is 26.1 Å². The minimum atomic E-state index is -0.379. The van der Waals surface area contributed by atoms with Gasteiger partial charge in [0.15, 0.2) is 0 Å². The van der Waals surface area contributed by atoms with Gasteiger partial charge in [0.05, 0.1) is 11.9 Å². The molecule has 1 aromatic heterocycles. The summed E-state index contributed by atoms with van der Waals surface area (Å²) in [4.78, 5) is 23.9. The monoisotopic (exact) mass is 315 g/mol. The predicted molar refractivity (Wildman–Crippen MR) is 89.5 cm³/mol. The largest absolute Gasteiger partial charge is 0.347 e. The number of aromatic nitrogens is 2. The normalized spacial score (nSPS) is 10.9. The number of carbonyl (C=O) groups excluding carboxylic acids is 2. The highest BCUT2D eigenvalue weighted by atomic mass is 16.2. The first-order chi connectivity index (χ1) is 10.9. The zero-order chi connectivity index (χ0) is 16.9. The van der Waals surface area contributed by atoms with Crippen LogP contribution in [0.15, 0.2) is 36.7 Å². The molecule has 2 aromatic rings. The topological polar surface area (TPSA) is 98.9 Å². The van der Waals surface area contributed by atoms with Crippen LogP contribution in [-0.4, -0.2) is 27.7 Å². The Morgan fingerprint density at radius 2 is 1.78 bits per heavy atom. The van der Waals surface area contributed by atoms with E-state index in [4.69, 9.17) is 0 Å². The van der Waals surface area contributed by atoms with Gasteiger partial charge in [-0.1, -0.05) is 6.92 Å². The average Bonchev–Trinajstić information content (AvgIpc) is 3.00. The molecule has 0 spiro atoms. The lowest BCUT2D eigenvalue weighted by Crippen LogP contribution is -2.42. The molecule has 4 N–H and O–H groups in total. The Labute approximate surface area is 134 Å². The van der Waals surface area contributed by atoms with Crippen molar-refractivity contribution in [3.63, 3.8) is 0 Å². The Morgan fingerprint density at radius 3 is 2.35 bits per heavy atom. The maximum atomic E-state index is 12.1. The van der Waals surface area contributed by atoms with Crippen molar-refractivity contribution < 1.29 is 9.59 Å². The minimum absolute atomic E-state index is 0.133. The van der Waals surface area contributed by atoms with Gasteiger partial charge in [0.2, 0.25) is 0 Å². The van der Waals surface area contributed by atoms with Gasteiger partial charge in [-0.15, -0.1) is 0 Å². The molecule has 1 heterocycles. The van der Waals surface area contributed by atoms with Crippen molar-refractivity contribution in [3.8, 4) is 0 Å².